The fourth-order valence-electron chi connectivity index (χ4n) is 4.66. The molecule has 142 valence electrons. The zero-order valence-corrected chi connectivity index (χ0v) is 16.2. The zero-order chi connectivity index (χ0) is 18.4. The number of hydrogen-bond acceptors (Lipinski definition) is 3. The van der Waals surface area contributed by atoms with Gasteiger partial charge in [-0.2, -0.15) is 0 Å². The number of carbonyl (C=O) groups excluding carboxylic acids is 1. The van der Waals surface area contributed by atoms with Crippen molar-refractivity contribution < 1.29 is 13.2 Å². The van der Waals surface area contributed by atoms with Gasteiger partial charge in [-0.3, -0.25) is 4.79 Å². The summed E-state index contributed by atoms with van der Waals surface area (Å²) < 4.78 is 26.8. The maximum absolute atomic E-state index is 12.9. The van der Waals surface area contributed by atoms with Crippen molar-refractivity contribution in [1.29, 1.82) is 0 Å². The summed E-state index contributed by atoms with van der Waals surface area (Å²) in [6.45, 7) is 4.72. The highest BCUT2D eigenvalue weighted by atomic mass is 32.2. The van der Waals surface area contributed by atoms with E-state index in [0.29, 0.717) is 19.6 Å². The highest BCUT2D eigenvalue weighted by Gasteiger charge is 2.48. The second kappa shape index (κ2) is 6.64. The van der Waals surface area contributed by atoms with E-state index in [0.717, 1.165) is 44.2 Å². The van der Waals surface area contributed by atoms with E-state index < -0.39 is 10.0 Å². The van der Waals surface area contributed by atoms with Crippen LogP contribution in [0.2, 0.25) is 0 Å². The van der Waals surface area contributed by atoms with Gasteiger partial charge < -0.3 is 4.90 Å². The standard InChI is InChI=1S/C20H28N2O3S/c1-2-21-15-20(14-18(19(21)23)16-6-4-3-5-7-16)10-12-22(13-11-20)26(24,25)17-8-9-17/h3-7,17-18H,2,8-15H2,1H3/t18-/m0/s1. The minimum absolute atomic E-state index is 0.0417. The molecule has 1 aliphatic carbocycles. The lowest BCUT2D eigenvalue weighted by molar-refractivity contribution is -0.141. The van der Waals surface area contributed by atoms with Crippen molar-refractivity contribution in [3.8, 4) is 0 Å². The Bertz CT molecular complexity index is 766. The van der Waals surface area contributed by atoms with Gasteiger partial charge in [-0.15, -0.1) is 0 Å². The maximum Gasteiger partial charge on any atom is 0.230 e. The molecule has 2 aliphatic heterocycles. The van der Waals surface area contributed by atoms with Crippen molar-refractivity contribution in [3.05, 3.63) is 35.9 Å². The van der Waals surface area contributed by atoms with Crippen LogP contribution in [0.25, 0.3) is 0 Å². The van der Waals surface area contributed by atoms with Gasteiger partial charge in [-0.05, 0) is 50.0 Å². The van der Waals surface area contributed by atoms with Gasteiger partial charge in [-0.25, -0.2) is 12.7 Å². The average Bonchev–Trinajstić information content (AvgIpc) is 3.50. The molecule has 6 heteroatoms. The number of nitrogens with zero attached hydrogens (tertiary/aromatic N) is 2. The molecule has 0 aromatic heterocycles. The normalized spacial score (nSPS) is 27.0. The van der Waals surface area contributed by atoms with E-state index >= 15 is 0 Å². The minimum Gasteiger partial charge on any atom is -0.342 e. The van der Waals surface area contributed by atoms with Gasteiger partial charge in [0.25, 0.3) is 0 Å². The summed E-state index contributed by atoms with van der Waals surface area (Å²) in [6, 6.07) is 10.0. The molecule has 2 heterocycles. The molecule has 0 N–H and O–H groups in total. The molecule has 1 saturated carbocycles. The number of piperidine rings is 2. The van der Waals surface area contributed by atoms with E-state index in [9.17, 15) is 13.2 Å². The first-order valence-electron chi connectivity index (χ1n) is 9.78. The predicted octanol–water partition coefficient (Wildman–Crippen LogP) is 2.60. The smallest absolute Gasteiger partial charge is 0.230 e. The SMILES string of the molecule is CCN1CC2(CCN(S(=O)(=O)C3CC3)CC2)C[C@@H](c2ccccc2)C1=O. The van der Waals surface area contributed by atoms with Crippen LogP contribution in [0, 0.1) is 5.41 Å². The molecule has 5 nitrogen and oxygen atoms in total. The van der Waals surface area contributed by atoms with Crippen LogP contribution in [-0.2, 0) is 14.8 Å². The Hall–Kier alpha value is -1.40. The zero-order valence-electron chi connectivity index (χ0n) is 15.4. The lowest BCUT2D eigenvalue weighted by Gasteiger charge is -2.49. The van der Waals surface area contributed by atoms with Gasteiger partial charge in [-0.1, -0.05) is 30.3 Å². The minimum atomic E-state index is -3.09. The van der Waals surface area contributed by atoms with Crippen LogP contribution in [0.1, 0.15) is 50.5 Å². The number of benzene rings is 1. The molecule has 1 spiro atoms. The molecule has 3 aliphatic rings. The summed E-state index contributed by atoms with van der Waals surface area (Å²) in [5.74, 6) is 0.119. The van der Waals surface area contributed by atoms with E-state index in [1.54, 1.807) is 4.31 Å². The van der Waals surface area contributed by atoms with Crippen molar-refractivity contribution in [1.82, 2.24) is 9.21 Å². The Morgan fingerprint density at radius 1 is 1.12 bits per heavy atom. The molecule has 3 fully saturated rings. The van der Waals surface area contributed by atoms with Crippen molar-refractivity contribution in [2.24, 2.45) is 5.41 Å². The van der Waals surface area contributed by atoms with Crippen LogP contribution in [0.5, 0.6) is 0 Å². The number of sulfonamides is 1. The van der Waals surface area contributed by atoms with E-state index in [2.05, 4.69) is 0 Å². The van der Waals surface area contributed by atoms with E-state index in [-0.39, 0.29) is 22.5 Å². The summed E-state index contributed by atoms with van der Waals surface area (Å²) in [6.07, 6.45) is 4.18. The largest absolute Gasteiger partial charge is 0.342 e. The summed E-state index contributed by atoms with van der Waals surface area (Å²) in [4.78, 5) is 14.9. The Morgan fingerprint density at radius 3 is 2.35 bits per heavy atom. The van der Waals surface area contributed by atoms with Crippen LogP contribution in [0.3, 0.4) is 0 Å². The molecule has 0 bridgehead atoms. The quantitative estimate of drug-likeness (QED) is 0.812. The van der Waals surface area contributed by atoms with Gasteiger partial charge >= 0.3 is 0 Å². The third-order valence-electron chi connectivity index (χ3n) is 6.45. The third-order valence-corrected chi connectivity index (χ3v) is 8.84. The van der Waals surface area contributed by atoms with Crippen LogP contribution >= 0.6 is 0 Å². The summed E-state index contributed by atoms with van der Waals surface area (Å²) >= 11 is 0. The van der Waals surface area contributed by atoms with Crippen LogP contribution in [0.4, 0.5) is 0 Å². The molecule has 0 radical (unpaired) electrons. The number of rotatable bonds is 4. The van der Waals surface area contributed by atoms with E-state index in [1.807, 2.05) is 42.2 Å². The molecule has 1 aromatic carbocycles. The van der Waals surface area contributed by atoms with Crippen molar-refractivity contribution in [2.45, 2.75) is 50.2 Å². The fourth-order valence-corrected chi connectivity index (χ4v) is 6.50. The van der Waals surface area contributed by atoms with Gasteiger partial charge in [0.2, 0.25) is 15.9 Å². The molecule has 4 rings (SSSR count). The monoisotopic (exact) mass is 376 g/mol. The number of likely N-dealkylation sites (N-methyl/N-ethyl adjacent to an activating group) is 1. The molecular formula is C20H28N2O3S. The van der Waals surface area contributed by atoms with Crippen molar-refractivity contribution in [2.75, 3.05) is 26.2 Å². The number of carbonyl (C=O) groups is 1. The Labute approximate surface area is 156 Å². The first-order valence-corrected chi connectivity index (χ1v) is 11.3. The summed E-state index contributed by atoms with van der Waals surface area (Å²) in [5.41, 5.74) is 1.13. The first kappa shape index (κ1) is 18.0. The number of hydrogen-bond donors (Lipinski definition) is 0. The van der Waals surface area contributed by atoms with E-state index in [1.165, 1.54) is 0 Å². The summed E-state index contributed by atoms with van der Waals surface area (Å²) in [5, 5.41) is -0.131. The molecule has 26 heavy (non-hydrogen) atoms. The average molecular weight is 377 g/mol. The topological polar surface area (TPSA) is 57.7 Å². The second-order valence-corrected chi connectivity index (χ2v) is 10.4. The van der Waals surface area contributed by atoms with Gasteiger partial charge in [0, 0.05) is 26.2 Å². The Morgan fingerprint density at radius 2 is 1.77 bits per heavy atom. The molecular weight excluding hydrogens is 348 g/mol. The lowest BCUT2D eigenvalue weighted by Crippen LogP contribution is -2.54. The highest BCUT2D eigenvalue weighted by molar-refractivity contribution is 7.90. The molecule has 1 aromatic rings. The number of amides is 1. The van der Waals surface area contributed by atoms with Crippen molar-refractivity contribution >= 4 is 15.9 Å². The van der Waals surface area contributed by atoms with Gasteiger partial charge in [0.15, 0.2) is 0 Å². The highest BCUT2D eigenvalue weighted by Crippen LogP contribution is 2.46. The van der Waals surface area contributed by atoms with Gasteiger partial charge in [0.05, 0.1) is 11.2 Å². The first-order chi connectivity index (χ1) is 12.5. The Kier molecular flexibility index (Phi) is 4.59. The predicted molar refractivity (Wildman–Crippen MR) is 101 cm³/mol. The van der Waals surface area contributed by atoms with Crippen molar-refractivity contribution in [3.63, 3.8) is 0 Å². The Balaban J connectivity index is 1.54. The van der Waals surface area contributed by atoms with Crippen LogP contribution in [0.15, 0.2) is 30.3 Å². The molecule has 2 saturated heterocycles. The lowest BCUT2D eigenvalue weighted by atomic mass is 9.68. The second-order valence-electron chi connectivity index (χ2n) is 8.16. The molecule has 0 unspecified atom stereocenters. The fraction of sp³-hybridized carbons (Fsp3) is 0.650. The summed E-state index contributed by atoms with van der Waals surface area (Å²) in [7, 11) is -3.09. The molecule has 1 amide bonds. The van der Waals surface area contributed by atoms with Gasteiger partial charge in [0.1, 0.15) is 0 Å². The van der Waals surface area contributed by atoms with E-state index in [4.69, 9.17) is 0 Å². The maximum atomic E-state index is 12.9. The third kappa shape index (κ3) is 3.18. The number of likely N-dealkylation sites (tertiary alicyclic amines) is 1. The molecule has 1 atom stereocenters. The van der Waals surface area contributed by atoms with Crippen LogP contribution < -0.4 is 0 Å². The van der Waals surface area contributed by atoms with Crippen LogP contribution in [-0.4, -0.2) is 55.0 Å².